The van der Waals surface area contributed by atoms with Gasteiger partial charge in [0, 0.05) is 23.5 Å². The molecule has 25 heavy (non-hydrogen) atoms. The van der Waals surface area contributed by atoms with Crippen molar-refractivity contribution in [3.63, 3.8) is 0 Å². The Hall–Kier alpha value is -2.89. The minimum absolute atomic E-state index is 0.0147. The number of aryl methyl sites for hydroxylation is 1. The Bertz CT molecular complexity index is 726. The fourth-order valence-electron chi connectivity index (χ4n) is 2.26. The molecule has 0 spiro atoms. The van der Waals surface area contributed by atoms with Gasteiger partial charge in [-0.1, -0.05) is 19.9 Å². The van der Waals surface area contributed by atoms with Crippen molar-refractivity contribution in [2.45, 2.75) is 33.7 Å². The van der Waals surface area contributed by atoms with Crippen LogP contribution in [0.1, 0.15) is 31.7 Å². The molecule has 0 unspecified atom stereocenters. The number of nitrogens with one attached hydrogen (secondary N) is 3. The number of carbonyl (C=O) groups is 2. The Morgan fingerprint density at radius 1 is 1.00 bits per heavy atom. The van der Waals surface area contributed by atoms with E-state index in [1.54, 1.807) is 24.3 Å². The van der Waals surface area contributed by atoms with E-state index >= 15 is 0 Å². The molecule has 6 nitrogen and oxygen atoms in total. The molecule has 0 radical (unpaired) electrons. The monoisotopic (exact) mass is 340 g/mol. The molecule has 0 aliphatic carbocycles. The van der Waals surface area contributed by atoms with Crippen LogP contribution in [-0.4, -0.2) is 16.9 Å². The zero-order valence-corrected chi connectivity index (χ0v) is 14.8. The van der Waals surface area contributed by atoms with E-state index in [0.29, 0.717) is 30.3 Å². The van der Waals surface area contributed by atoms with Gasteiger partial charge in [0.25, 0.3) is 0 Å². The number of pyridine rings is 1. The van der Waals surface area contributed by atoms with Crippen LogP contribution in [0.2, 0.25) is 0 Å². The number of nitrogens with zero attached hydrogens (tertiary/aromatic N) is 1. The normalized spacial score (nSPS) is 10.4. The topological polar surface area (TPSA) is 83.1 Å². The Kier molecular flexibility index (Phi) is 6.51. The molecule has 3 amide bonds. The second-order valence-electron chi connectivity index (χ2n) is 6.30. The molecule has 0 aliphatic heterocycles. The molecule has 0 bridgehead atoms. The van der Waals surface area contributed by atoms with Crippen LogP contribution in [0.4, 0.5) is 16.2 Å². The van der Waals surface area contributed by atoms with Gasteiger partial charge in [-0.2, -0.15) is 0 Å². The van der Waals surface area contributed by atoms with Crippen LogP contribution in [0.5, 0.6) is 0 Å². The Balaban J connectivity index is 1.82. The summed E-state index contributed by atoms with van der Waals surface area (Å²) in [5, 5.41) is 8.34. The minimum atomic E-state index is -0.306. The van der Waals surface area contributed by atoms with Crippen molar-refractivity contribution in [1.82, 2.24) is 10.3 Å². The van der Waals surface area contributed by atoms with Crippen molar-refractivity contribution in [3.8, 4) is 0 Å². The first-order chi connectivity index (χ1) is 11.9. The maximum atomic E-state index is 11.9. The third-order valence-electron chi connectivity index (χ3n) is 3.40. The molecule has 3 N–H and O–H groups in total. The van der Waals surface area contributed by atoms with E-state index in [1.165, 1.54) is 0 Å². The highest BCUT2D eigenvalue weighted by Gasteiger charge is 2.06. The largest absolute Gasteiger partial charge is 0.332 e. The van der Waals surface area contributed by atoms with Crippen molar-refractivity contribution >= 4 is 23.3 Å². The van der Waals surface area contributed by atoms with Crippen LogP contribution in [0, 0.1) is 12.8 Å². The SMILES string of the molecule is Cc1cccc(CNC(=O)Nc2ccc(NC(=O)CC(C)C)cc2)n1. The third-order valence-corrected chi connectivity index (χ3v) is 3.40. The van der Waals surface area contributed by atoms with Gasteiger partial charge in [-0.05, 0) is 49.2 Å². The summed E-state index contributed by atoms with van der Waals surface area (Å²) in [6.45, 7) is 6.26. The molecule has 1 heterocycles. The smallest absolute Gasteiger partial charge is 0.319 e. The lowest BCUT2D eigenvalue weighted by molar-refractivity contribution is -0.116. The molecule has 0 aliphatic rings. The third kappa shape index (κ3) is 6.63. The molecule has 2 aromatic rings. The molecule has 0 saturated heterocycles. The summed E-state index contributed by atoms with van der Waals surface area (Å²) in [6, 6.07) is 12.4. The van der Waals surface area contributed by atoms with Crippen LogP contribution in [0.3, 0.4) is 0 Å². The van der Waals surface area contributed by atoms with E-state index < -0.39 is 0 Å². The molecular formula is C19H24N4O2. The number of carbonyl (C=O) groups excluding carboxylic acids is 2. The van der Waals surface area contributed by atoms with E-state index in [2.05, 4.69) is 20.9 Å². The van der Waals surface area contributed by atoms with Gasteiger partial charge >= 0.3 is 6.03 Å². The Labute approximate surface area is 148 Å². The van der Waals surface area contributed by atoms with Gasteiger partial charge in [0.05, 0.1) is 12.2 Å². The first-order valence-electron chi connectivity index (χ1n) is 8.29. The van der Waals surface area contributed by atoms with Crippen molar-refractivity contribution in [2.24, 2.45) is 5.92 Å². The fraction of sp³-hybridized carbons (Fsp3) is 0.316. The van der Waals surface area contributed by atoms with Crippen molar-refractivity contribution < 1.29 is 9.59 Å². The Morgan fingerprint density at radius 3 is 2.24 bits per heavy atom. The van der Waals surface area contributed by atoms with E-state index in [0.717, 1.165) is 11.4 Å². The maximum Gasteiger partial charge on any atom is 0.319 e. The van der Waals surface area contributed by atoms with Crippen molar-refractivity contribution in [3.05, 3.63) is 53.9 Å². The number of rotatable bonds is 6. The van der Waals surface area contributed by atoms with Gasteiger partial charge in [-0.3, -0.25) is 9.78 Å². The van der Waals surface area contributed by atoms with Crippen molar-refractivity contribution in [1.29, 1.82) is 0 Å². The van der Waals surface area contributed by atoms with Crippen LogP contribution >= 0.6 is 0 Å². The second kappa shape index (κ2) is 8.82. The lowest BCUT2D eigenvalue weighted by Gasteiger charge is -2.10. The summed E-state index contributed by atoms with van der Waals surface area (Å²) in [5.41, 5.74) is 3.07. The number of amides is 3. The quantitative estimate of drug-likeness (QED) is 0.750. The van der Waals surface area contributed by atoms with Crippen LogP contribution < -0.4 is 16.0 Å². The summed E-state index contributed by atoms with van der Waals surface area (Å²) < 4.78 is 0. The summed E-state index contributed by atoms with van der Waals surface area (Å²) in [6.07, 6.45) is 0.482. The van der Waals surface area contributed by atoms with Gasteiger partial charge in [0.2, 0.25) is 5.91 Å². The molecule has 6 heteroatoms. The fourth-order valence-corrected chi connectivity index (χ4v) is 2.26. The lowest BCUT2D eigenvalue weighted by atomic mass is 10.1. The first kappa shape index (κ1) is 18.4. The molecule has 0 saturated carbocycles. The number of anilines is 2. The van der Waals surface area contributed by atoms with E-state index in [4.69, 9.17) is 0 Å². The van der Waals surface area contributed by atoms with Crippen LogP contribution in [0.25, 0.3) is 0 Å². The molecule has 1 aromatic heterocycles. The van der Waals surface area contributed by atoms with Crippen molar-refractivity contribution in [2.75, 3.05) is 10.6 Å². The zero-order chi connectivity index (χ0) is 18.2. The Morgan fingerprint density at radius 2 is 1.64 bits per heavy atom. The number of hydrogen-bond acceptors (Lipinski definition) is 3. The molecule has 2 rings (SSSR count). The molecule has 0 atom stereocenters. The number of aromatic nitrogens is 1. The first-order valence-corrected chi connectivity index (χ1v) is 8.29. The minimum Gasteiger partial charge on any atom is -0.332 e. The molecule has 0 fully saturated rings. The highest BCUT2D eigenvalue weighted by atomic mass is 16.2. The van der Waals surface area contributed by atoms with E-state index in [1.807, 2.05) is 39.0 Å². The van der Waals surface area contributed by atoms with Gasteiger partial charge in [-0.25, -0.2) is 4.79 Å². The van der Waals surface area contributed by atoms with Crippen LogP contribution in [0.15, 0.2) is 42.5 Å². The number of hydrogen-bond donors (Lipinski definition) is 3. The standard InChI is InChI=1S/C19H24N4O2/c1-13(2)11-18(24)22-15-7-9-16(10-8-15)23-19(25)20-12-17-6-4-5-14(3)21-17/h4-10,13H,11-12H2,1-3H3,(H,22,24)(H2,20,23,25). The predicted molar refractivity (Wildman–Crippen MR) is 99.4 cm³/mol. The van der Waals surface area contributed by atoms with Gasteiger partial charge in [0.1, 0.15) is 0 Å². The highest BCUT2D eigenvalue weighted by Crippen LogP contribution is 2.14. The summed E-state index contributed by atoms with van der Waals surface area (Å²) >= 11 is 0. The van der Waals surface area contributed by atoms with E-state index in [9.17, 15) is 9.59 Å². The number of benzene rings is 1. The van der Waals surface area contributed by atoms with Gasteiger partial charge in [-0.15, -0.1) is 0 Å². The summed E-state index contributed by atoms with van der Waals surface area (Å²) in [4.78, 5) is 28.0. The van der Waals surface area contributed by atoms with Gasteiger partial charge in [0.15, 0.2) is 0 Å². The summed E-state index contributed by atoms with van der Waals surface area (Å²) in [7, 11) is 0. The molecular weight excluding hydrogens is 316 g/mol. The van der Waals surface area contributed by atoms with E-state index in [-0.39, 0.29) is 11.9 Å². The zero-order valence-electron chi connectivity index (χ0n) is 14.8. The van der Waals surface area contributed by atoms with Gasteiger partial charge < -0.3 is 16.0 Å². The summed E-state index contributed by atoms with van der Waals surface area (Å²) in [5.74, 6) is 0.298. The molecule has 132 valence electrons. The second-order valence-corrected chi connectivity index (χ2v) is 6.30. The maximum absolute atomic E-state index is 11.9. The predicted octanol–water partition coefficient (Wildman–Crippen LogP) is 3.70. The highest BCUT2D eigenvalue weighted by molar-refractivity contribution is 5.92. The number of urea groups is 1. The van der Waals surface area contributed by atoms with Crippen LogP contribution in [-0.2, 0) is 11.3 Å². The average Bonchev–Trinajstić information content (AvgIpc) is 2.54. The average molecular weight is 340 g/mol. The molecule has 1 aromatic carbocycles. The lowest BCUT2D eigenvalue weighted by Crippen LogP contribution is -2.28.